The van der Waals surface area contributed by atoms with Crippen LogP contribution in [0.25, 0.3) is 0 Å². The van der Waals surface area contributed by atoms with E-state index in [-0.39, 0.29) is 0 Å². The second-order valence-electron chi connectivity index (χ2n) is 4.61. The third-order valence-corrected chi connectivity index (χ3v) is 3.50. The zero-order valence-corrected chi connectivity index (χ0v) is 12.4. The third kappa shape index (κ3) is 2.87. The van der Waals surface area contributed by atoms with Crippen LogP contribution in [0.4, 0.5) is 0 Å². The fraction of sp³-hybridized carbons (Fsp3) is 0.333. The van der Waals surface area contributed by atoms with Gasteiger partial charge in [0.1, 0.15) is 17.2 Å². The Bertz CT molecular complexity index is 611. The van der Waals surface area contributed by atoms with Crippen molar-refractivity contribution in [1.29, 1.82) is 0 Å². The lowest BCUT2D eigenvalue weighted by atomic mass is 10.1. The number of benzene rings is 1. The molecule has 3 nitrogen and oxygen atoms in total. The smallest absolute Gasteiger partial charge is 0.227 e. The molecule has 0 fully saturated rings. The minimum absolute atomic E-state index is 0.453. The van der Waals surface area contributed by atoms with Crippen molar-refractivity contribution in [3.63, 3.8) is 0 Å². The van der Waals surface area contributed by atoms with Crippen molar-refractivity contribution >= 4 is 11.6 Å². The van der Waals surface area contributed by atoms with Gasteiger partial charge >= 0.3 is 0 Å². The van der Waals surface area contributed by atoms with E-state index in [1.807, 2.05) is 26.8 Å². The first-order chi connectivity index (χ1) is 9.02. The second kappa shape index (κ2) is 5.57. The first-order valence-corrected chi connectivity index (χ1v) is 6.65. The van der Waals surface area contributed by atoms with Crippen LogP contribution in [0.1, 0.15) is 29.2 Å². The second-order valence-corrected chi connectivity index (χ2v) is 4.97. The highest BCUT2D eigenvalue weighted by Gasteiger charge is 2.12. The molecule has 0 saturated carbocycles. The number of ether oxygens (including phenoxy) is 1. The van der Waals surface area contributed by atoms with Gasteiger partial charge in [-0.3, -0.25) is 0 Å². The summed E-state index contributed by atoms with van der Waals surface area (Å²) in [4.78, 5) is 8.17. The van der Waals surface area contributed by atoms with E-state index in [1.54, 1.807) is 0 Å². The maximum absolute atomic E-state index is 6.07. The van der Waals surface area contributed by atoms with Gasteiger partial charge in [-0.1, -0.05) is 24.6 Å². The van der Waals surface area contributed by atoms with E-state index in [9.17, 15) is 0 Å². The van der Waals surface area contributed by atoms with Crippen molar-refractivity contribution < 1.29 is 4.74 Å². The number of nitrogens with zero attached hydrogens (tertiary/aromatic N) is 2. The molecule has 2 aromatic rings. The van der Waals surface area contributed by atoms with Crippen molar-refractivity contribution in [1.82, 2.24) is 9.97 Å². The molecule has 0 atom stereocenters. The predicted octanol–water partition coefficient (Wildman–Crippen LogP) is 4.41. The number of halogens is 1. The van der Waals surface area contributed by atoms with Gasteiger partial charge in [0.25, 0.3) is 0 Å². The van der Waals surface area contributed by atoms with Gasteiger partial charge in [0.05, 0.1) is 5.56 Å². The molecule has 0 amide bonds. The number of hydrogen-bond donors (Lipinski definition) is 0. The summed E-state index contributed by atoms with van der Waals surface area (Å²) in [5, 5.41) is 0.453. The Kier molecular flexibility index (Phi) is 4.05. The van der Waals surface area contributed by atoms with E-state index in [1.165, 1.54) is 11.9 Å². The lowest BCUT2D eigenvalue weighted by Gasteiger charge is -2.13. The minimum atomic E-state index is 0.453. The van der Waals surface area contributed by atoms with Gasteiger partial charge < -0.3 is 4.74 Å². The van der Waals surface area contributed by atoms with Gasteiger partial charge in [-0.15, -0.1) is 0 Å². The quantitative estimate of drug-likeness (QED) is 0.779. The van der Waals surface area contributed by atoms with Crippen molar-refractivity contribution in [2.24, 2.45) is 0 Å². The van der Waals surface area contributed by atoms with Gasteiger partial charge in [0, 0.05) is 0 Å². The largest absolute Gasteiger partial charge is 0.438 e. The maximum Gasteiger partial charge on any atom is 0.227 e. The lowest BCUT2D eigenvalue weighted by Crippen LogP contribution is -1.99. The van der Waals surface area contributed by atoms with Gasteiger partial charge in [0.2, 0.25) is 5.88 Å². The first-order valence-electron chi connectivity index (χ1n) is 6.28. The molecule has 4 heteroatoms. The summed E-state index contributed by atoms with van der Waals surface area (Å²) in [5.74, 6) is 1.36. The van der Waals surface area contributed by atoms with E-state index in [4.69, 9.17) is 16.3 Å². The molecule has 0 spiro atoms. The van der Waals surface area contributed by atoms with Crippen molar-refractivity contribution in [2.45, 2.75) is 34.1 Å². The lowest BCUT2D eigenvalue weighted by molar-refractivity contribution is 0.451. The molecule has 1 aromatic carbocycles. The van der Waals surface area contributed by atoms with Gasteiger partial charge in [-0.25, -0.2) is 9.97 Å². The van der Waals surface area contributed by atoms with Crippen molar-refractivity contribution in [3.05, 3.63) is 45.9 Å². The molecular weight excluding hydrogens is 260 g/mol. The molecule has 1 heterocycles. The van der Waals surface area contributed by atoms with Crippen LogP contribution < -0.4 is 4.74 Å². The van der Waals surface area contributed by atoms with Crippen LogP contribution in [0.2, 0.25) is 5.15 Å². The zero-order chi connectivity index (χ0) is 14.0. The van der Waals surface area contributed by atoms with Crippen LogP contribution >= 0.6 is 11.6 Å². The van der Waals surface area contributed by atoms with E-state index in [0.29, 0.717) is 11.0 Å². The summed E-state index contributed by atoms with van der Waals surface area (Å²) in [5.41, 5.74) is 4.31. The monoisotopic (exact) mass is 276 g/mol. The topological polar surface area (TPSA) is 35.0 Å². The molecule has 1 aromatic heterocycles. The normalized spacial score (nSPS) is 10.6. The standard InChI is InChI=1S/C15H17ClN2O/c1-5-12-14(16)17-8-18-15(12)19-13-7-9(2)6-10(3)11(13)4/h6-8H,5H2,1-4H3. The fourth-order valence-corrected chi connectivity index (χ4v) is 2.23. The zero-order valence-electron chi connectivity index (χ0n) is 11.6. The van der Waals surface area contributed by atoms with Crippen LogP contribution in [0.3, 0.4) is 0 Å². The predicted molar refractivity (Wildman–Crippen MR) is 77.1 cm³/mol. The number of aryl methyl sites for hydroxylation is 2. The Balaban J connectivity index is 2.45. The molecular formula is C15H17ClN2O. The van der Waals surface area contributed by atoms with Crippen molar-refractivity contribution in [2.75, 3.05) is 0 Å². The Labute approximate surface area is 118 Å². The molecule has 0 bridgehead atoms. The molecule has 19 heavy (non-hydrogen) atoms. The molecule has 0 N–H and O–H groups in total. The van der Waals surface area contributed by atoms with Gasteiger partial charge in [0.15, 0.2) is 0 Å². The van der Waals surface area contributed by atoms with Gasteiger partial charge in [-0.2, -0.15) is 0 Å². The Morgan fingerprint density at radius 3 is 2.58 bits per heavy atom. The molecule has 0 saturated heterocycles. The highest BCUT2D eigenvalue weighted by Crippen LogP contribution is 2.31. The van der Waals surface area contributed by atoms with E-state index in [0.717, 1.165) is 28.9 Å². The Morgan fingerprint density at radius 1 is 1.16 bits per heavy atom. The summed E-state index contributed by atoms with van der Waals surface area (Å²) < 4.78 is 5.94. The van der Waals surface area contributed by atoms with Crippen LogP contribution in [-0.2, 0) is 6.42 Å². The summed E-state index contributed by atoms with van der Waals surface area (Å²) in [6.07, 6.45) is 2.16. The van der Waals surface area contributed by atoms with Crippen LogP contribution in [-0.4, -0.2) is 9.97 Å². The van der Waals surface area contributed by atoms with Crippen molar-refractivity contribution in [3.8, 4) is 11.6 Å². The third-order valence-electron chi connectivity index (χ3n) is 3.18. The maximum atomic E-state index is 6.07. The average molecular weight is 277 g/mol. The molecule has 0 radical (unpaired) electrons. The molecule has 0 aliphatic heterocycles. The molecule has 100 valence electrons. The van der Waals surface area contributed by atoms with Crippen LogP contribution in [0.15, 0.2) is 18.5 Å². The highest BCUT2D eigenvalue weighted by atomic mass is 35.5. The highest BCUT2D eigenvalue weighted by molar-refractivity contribution is 6.30. The SMILES string of the molecule is CCc1c(Cl)ncnc1Oc1cc(C)cc(C)c1C. The van der Waals surface area contributed by atoms with E-state index in [2.05, 4.69) is 23.0 Å². The molecule has 2 rings (SSSR count). The van der Waals surface area contributed by atoms with Gasteiger partial charge in [-0.05, 0) is 49.9 Å². The number of hydrogen-bond acceptors (Lipinski definition) is 3. The summed E-state index contributed by atoms with van der Waals surface area (Å²) in [6.45, 7) is 8.17. The summed E-state index contributed by atoms with van der Waals surface area (Å²) in [6, 6.07) is 4.15. The number of rotatable bonds is 3. The summed E-state index contributed by atoms with van der Waals surface area (Å²) >= 11 is 6.07. The van der Waals surface area contributed by atoms with Crippen LogP contribution in [0.5, 0.6) is 11.6 Å². The molecule has 0 unspecified atom stereocenters. The average Bonchev–Trinajstić information content (AvgIpc) is 2.35. The minimum Gasteiger partial charge on any atom is -0.438 e. The van der Waals surface area contributed by atoms with Crippen LogP contribution in [0, 0.1) is 20.8 Å². The Hall–Kier alpha value is -1.61. The molecule has 0 aliphatic carbocycles. The Morgan fingerprint density at radius 2 is 1.89 bits per heavy atom. The first kappa shape index (κ1) is 13.8. The molecule has 0 aliphatic rings. The number of aromatic nitrogens is 2. The summed E-state index contributed by atoms with van der Waals surface area (Å²) in [7, 11) is 0. The fourth-order valence-electron chi connectivity index (χ4n) is 1.97. The van der Waals surface area contributed by atoms with E-state index < -0.39 is 0 Å². The van der Waals surface area contributed by atoms with E-state index >= 15 is 0 Å².